The zero-order chi connectivity index (χ0) is 14.8. The molecule has 1 fully saturated rings. The minimum absolute atomic E-state index is 0.0432. The molecule has 0 aliphatic heterocycles. The third kappa shape index (κ3) is 3.47. The van der Waals surface area contributed by atoms with Crippen molar-refractivity contribution >= 4 is 33.6 Å². The molecule has 1 aliphatic carbocycles. The Labute approximate surface area is 123 Å². The van der Waals surface area contributed by atoms with Gasteiger partial charge in [-0.2, -0.15) is 0 Å². The van der Waals surface area contributed by atoms with Gasteiger partial charge in [0, 0.05) is 4.47 Å². The van der Waals surface area contributed by atoms with Crippen LogP contribution >= 0.6 is 15.9 Å². The highest BCUT2D eigenvalue weighted by molar-refractivity contribution is 9.10. The zero-order valence-electron chi connectivity index (χ0n) is 10.6. The lowest BCUT2D eigenvalue weighted by Crippen LogP contribution is -2.55. The van der Waals surface area contributed by atoms with Crippen LogP contribution in [0.15, 0.2) is 22.7 Å². The van der Waals surface area contributed by atoms with Gasteiger partial charge in [0.1, 0.15) is 5.82 Å². The number of aliphatic carboxylic acids is 1. The van der Waals surface area contributed by atoms with E-state index in [1.54, 1.807) is 0 Å². The van der Waals surface area contributed by atoms with Gasteiger partial charge in [-0.25, -0.2) is 9.18 Å². The molecular weight excluding hydrogens is 331 g/mol. The van der Waals surface area contributed by atoms with Crippen LogP contribution in [0.3, 0.4) is 0 Å². The maximum Gasteiger partial charge on any atom is 0.319 e. The number of benzene rings is 1. The van der Waals surface area contributed by atoms with Crippen LogP contribution in [0.4, 0.5) is 14.9 Å². The summed E-state index contributed by atoms with van der Waals surface area (Å²) in [7, 11) is 0. The van der Waals surface area contributed by atoms with Crippen LogP contribution < -0.4 is 10.6 Å². The number of hydrogen-bond donors (Lipinski definition) is 3. The Bertz CT molecular complexity index is 546. The van der Waals surface area contributed by atoms with Crippen LogP contribution in [0.25, 0.3) is 0 Å². The first-order chi connectivity index (χ1) is 9.40. The number of carboxylic acids is 1. The van der Waals surface area contributed by atoms with E-state index in [-0.39, 0.29) is 12.1 Å². The Morgan fingerprint density at radius 1 is 1.40 bits per heavy atom. The molecule has 0 radical (unpaired) electrons. The van der Waals surface area contributed by atoms with Crippen molar-refractivity contribution in [2.45, 2.75) is 31.2 Å². The molecule has 0 atom stereocenters. The number of anilines is 1. The van der Waals surface area contributed by atoms with Crippen molar-refractivity contribution in [1.82, 2.24) is 5.32 Å². The Balaban J connectivity index is 2.01. The second-order valence-electron chi connectivity index (χ2n) is 4.91. The van der Waals surface area contributed by atoms with Crippen molar-refractivity contribution in [3.05, 3.63) is 28.5 Å². The van der Waals surface area contributed by atoms with Gasteiger partial charge in [0.2, 0.25) is 0 Å². The molecule has 0 heterocycles. The predicted molar refractivity (Wildman–Crippen MR) is 75.1 cm³/mol. The molecule has 1 aromatic rings. The molecular formula is C13H14BrFN2O3. The van der Waals surface area contributed by atoms with Gasteiger partial charge in [-0.1, -0.05) is 15.9 Å². The SMILES string of the molecule is O=C(O)CC1(NC(=O)Nc2cc(Br)ccc2F)CCC1. The van der Waals surface area contributed by atoms with Gasteiger partial charge >= 0.3 is 12.0 Å². The molecule has 0 bridgehead atoms. The van der Waals surface area contributed by atoms with E-state index in [0.717, 1.165) is 6.42 Å². The number of carbonyl (C=O) groups excluding carboxylic acids is 1. The summed E-state index contributed by atoms with van der Waals surface area (Å²) in [4.78, 5) is 22.7. The van der Waals surface area contributed by atoms with E-state index in [2.05, 4.69) is 26.6 Å². The van der Waals surface area contributed by atoms with Crippen molar-refractivity contribution in [1.29, 1.82) is 0 Å². The molecule has 1 aromatic carbocycles. The molecule has 2 amide bonds. The number of carboxylic acid groups (broad SMARTS) is 1. The van der Waals surface area contributed by atoms with Crippen molar-refractivity contribution in [2.24, 2.45) is 0 Å². The number of halogens is 2. The maximum atomic E-state index is 13.5. The fraction of sp³-hybridized carbons (Fsp3) is 0.385. The predicted octanol–water partition coefficient (Wildman–Crippen LogP) is 3.11. The second kappa shape index (κ2) is 5.78. The van der Waals surface area contributed by atoms with Gasteiger partial charge in [0.15, 0.2) is 0 Å². The summed E-state index contributed by atoms with van der Waals surface area (Å²) in [6, 6.07) is 3.61. The first kappa shape index (κ1) is 14.8. The topological polar surface area (TPSA) is 78.4 Å². The van der Waals surface area contributed by atoms with Crippen LogP contribution in [-0.2, 0) is 4.79 Å². The van der Waals surface area contributed by atoms with E-state index in [1.807, 2.05) is 0 Å². The molecule has 1 saturated carbocycles. The summed E-state index contributed by atoms with van der Waals surface area (Å²) in [6.07, 6.45) is 1.99. The molecule has 20 heavy (non-hydrogen) atoms. The molecule has 0 spiro atoms. The number of rotatable bonds is 4. The number of nitrogens with one attached hydrogen (secondary N) is 2. The summed E-state index contributed by atoms with van der Waals surface area (Å²) in [5.74, 6) is -1.51. The standard InChI is InChI=1S/C13H14BrFN2O3/c14-8-2-3-9(15)10(6-8)16-12(20)17-13(4-1-5-13)7-11(18)19/h2-3,6H,1,4-5,7H2,(H,18,19)(H2,16,17,20). The summed E-state index contributed by atoms with van der Waals surface area (Å²) in [5, 5.41) is 13.9. The van der Waals surface area contributed by atoms with Gasteiger partial charge in [-0.05, 0) is 37.5 Å². The lowest BCUT2D eigenvalue weighted by molar-refractivity contribution is -0.139. The molecule has 7 heteroatoms. The Kier molecular flexibility index (Phi) is 4.27. The molecule has 2 rings (SSSR count). The van der Waals surface area contributed by atoms with Gasteiger partial charge in [-0.3, -0.25) is 4.79 Å². The average molecular weight is 345 g/mol. The second-order valence-corrected chi connectivity index (χ2v) is 5.82. The smallest absolute Gasteiger partial charge is 0.319 e. The molecule has 3 N–H and O–H groups in total. The average Bonchev–Trinajstić information content (AvgIpc) is 2.30. The van der Waals surface area contributed by atoms with Crippen molar-refractivity contribution < 1.29 is 19.1 Å². The summed E-state index contributed by atoms with van der Waals surface area (Å²) in [5.41, 5.74) is -0.667. The number of carbonyl (C=O) groups is 2. The quantitative estimate of drug-likeness (QED) is 0.785. The van der Waals surface area contributed by atoms with E-state index >= 15 is 0 Å². The van der Waals surface area contributed by atoms with E-state index < -0.39 is 23.4 Å². The maximum absolute atomic E-state index is 13.5. The third-order valence-electron chi connectivity index (χ3n) is 3.36. The lowest BCUT2D eigenvalue weighted by Gasteiger charge is -2.41. The van der Waals surface area contributed by atoms with Crippen molar-refractivity contribution in [3.8, 4) is 0 Å². The molecule has 5 nitrogen and oxygen atoms in total. The summed E-state index contributed by atoms with van der Waals surface area (Å²) in [6.45, 7) is 0. The lowest BCUT2D eigenvalue weighted by atomic mass is 9.74. The van der Waals surface area contributed by atoms with Gasteiger partial charge in [0.25, 0.3) is 0 Å². The van der Waals surface area contributed by atoms with Crippen LogP contribution in [0.2, 0.25) is 0 Å². The Morgan fingerprint density at radius 3 is 2.65 bits per heavy atom. The number of amides is 2. The van der Waals surface area contributed by atoms with E-state index in [9.17, 15) is 14.0 Å². The third-order valence-corrected chi connectivity index (χ3v) is 3.85. The molecule has 108 valence electrons. The minimum Gasteiger partial charge on any atom is -0.481 e. The summed E-state index contributed by atoms with van der Waals surface area (Å²) >= 11 is 3.19. The van der Waals surface area contributed by atoms with E-state index in [0.29, 0.717) is 17.3 Å². The summed E-state index contributed by atoms with van der Waals surface area (Å²) < 4.78 is 14.1. The molecule has 1 aliphatic rings. The van der Waals surface area contributed by atoms with Crippen LogP contribution in [0.5, 0.6) is 0 Å². The van der Waals surface area contributed by atoms with Crippen LogP contribution in [-0.4, -0.2) is 22.6 Å². The Hall–Kier alpha value is -1.63. The van der Waals surface area contributed by atoms with Gasteiger partial charge in [-0.15, -0.1) is 0 Å². The number of urea groups is 1. The van der Waals surface area contributed by atoms with Gasteiger partial charge in [0.05, 0.1) is 17.6 Å². The Morgan fingerprint density at radius 2 is 2.10 bits per heavy atom. The highest BCUT2D eigenvalue weighted by Crippen LogP contribution is 2.35. The van der Waals surface area contributed by atoms with Gasteiger partial charge < -0.3 is 15.7 Å². The largest absolute Gasteiger partial charge is 0.481 e. The van der Waals surface area contributed by atoms with Crippen LogP contribution in [0.1, 0.15) is 25.7 Å². The van der Waals surface area contributed by atoms with E-state index in [4.69, 9.17) is 5.11 Å². The monoisotopic (exact) mass is 344 g/mol. The first-order valence-corrected chi connectivity index (χ1v) is 6.96. The first-order valence-electron chi connectivity index (χ1n) is 6.16. The number of hydrogen-bond acceptors (Lipinski definition) is 2. The minimum atomic E-state index is -0.960. The highest BCUT2D eigenvalue weighted by Gasteiger charge is 2.40. The fourth-order valence-corrected chi connectivity index (χ4v) is 2.59. The molecule has 0 unspecified atom stereocenters. The highest BCUT2D eigenvalue weighted by atomic mass is 79.9. The zero-order valence-corrected chi connectivity index (χ0v) is 12.2. The van der Waals surface area contributed by atoms with Crippen molar-refractivity contribution in [3.63, 3.8) is 0 Å². The molecule has 0 aromatic heterocycles. The normalized spacial score (nSPS) is 16.1. The van der Waals surface area contributed by atoms with E-state index in [1.165, 1.54) is 18.2 Å². The fourth-order valence-electron chi connectivity index (χ4n) is 2.23. The van der Waals surface area contributed by atoms with Crippen molar-refractivity contribution in [2.75, 3.05) is 5.32 Å². The van der Waals surface area contributed by atoms with Crippen LogP contribution in [0, 0.1) is 5.82 Å². The molecule has 0 saturated heterocycles.